The van der Waals surface area contributed by atoms with Crippen molar-refractivity contribution in [2.75, 3.05) is 12.4 Å². The van der Waals surface area contributed by atoms with Gasteiger partial charge in [0.05, 0.1) is 12.0 Å². The Morgan fingerprint density at radius 2 is 1.92 bits per heavy atom. The number of benzene rings is 2. The number of thiophene rings is 1. The largest absolute Gasteiger partial charge is 0.497 e. The van der Waals surface area contributed by atoms with Crippen LogP contribution in [0.25, 0.3) is 0 Å². The molecule has 0 spiro atoms. The minimum absolute atomic E-state index is 0.207. The van der Waals surface area contributed by atoms with E-state index in [2.05, 4.69) is 5.32 Å². The first-order valence-corrected chi connectivity index (χ1v) is 9.96. The maximum Gasteiger partial charge on any atom is 0.202 e. The Kier molecular flexibility index (Phi) is 4.46. The van der Waals surface area contributed by atoms with Gasteiger partial charge in [-0.2, -0.15) is 0 Å². The molecule has 4 rings (SSSR count). The van der Waals surface area contributed by atoms with Crippen molar-refractivity contribution in [3.8, 4) is 11.5 Å². The lowest BCUT2D eigenvalue weighted by Gasteiger charge is -2.23. The maximum atomic E-state index is 13.0. The lowest BCUT2D eigenvalue weighted by Crippen LogP contribution is -2.30. The Morgan fingerprint density at radius 1 is 1.12 bits per heavy atom. The van der Waals surface area contributed by atoms with Gasteiger partial charge in [0, 0.05) is 10.6 Å². The van der Waals surface area contributed by atoms with Gasteiger partial charge in [-0.05, 0) is 47.8 Å². The van der Waals surface area contributed by atoms with Crippen molar-refractivity contribution in [1.29, 1.82) is 0 Å². The molecule has 25 heavy (non-hydrogen) atoms. The van der Waals surface area contributed by atoms with Gasteiger partial charge in [-0.25, -0.2) is 0 Å². The molecule has 2 heterocycles. The number of methoxy groups -OCH3 is 1. The van der Waals surface area contributed by atoms with Crippen LogP contribution in [0.5, 0.6) is 11.5 Å². The molecule has 1 aliphatic heterocycles. The molecule has 1 aliphatic rings. The standard InChI is InChI=1S/C19H17NO3S2/c1-22-14-10-8-13(9-11-14)20-18(16-6-4-12-24-16)19-23-15-5-2-3-7-17(15)25(19)21/h2-12,18-20H,1H3/t18-,19+,25?/m1/s1. The third-order valence-electron chi connectivity index (χ3n) is 4.05. The number of fused-ring (bicyclic) bond motifs is 1. The van der Waals surface area contributed by atoms with Crippen LogP contribution in [0.2, 0.25) is 0 Å². The van der Waals surface area contributed by atoms with Crippen LogP contribution in [0.3, 0.4) is 0 Å². The summed E-state index contributed by atoms with van der Waals surface area (Å²) in [6.07, 6.45) is 0. The van der Waals surface area contributed by atoms with E-state index in [1.165, 1.54) is 0 Å². The lowest BCUT2D eigenvalue weighted by atomic mass is 10.2. The number of hydrogen-bond acceptors (Lipinski definition) is 5. The Morgan fingerprint density at radius 3 is 2.60 bits per heavy atom. The average molecular weight is 371 g/mol. The summed E-state index contributed by atoms with van der Waals surface area (Å²) in [6.45, 7) is 0. The van der Waals surface area contributed by atoms with Crippen LogP contribution in [0.15, 0.2) is 70.9 Å². The van der Waals surface area contributed by atoms with Gasteiger partial charge in [-0.1, -0.05) is 18.2 Å². The Balaban J connectivity index is 1.65. The van der Waals surface area contributed by atoms with E-state index in [4.69, 9.17) is 9.47 Å². The Labute approximate surface area is 152 Å². The van der Waals surface area contributed by atoms with E-state index in [1.807, 2.05) is 66.0 Å². The van der Waals surface area contributed by atoms with Crippen LogP contribution in [0.1, 0.15) is 10.9 Å². The maximum absolute atomic E-state index is 13.0. The van der Waals surface area contributed by atoms with Crippen LogP contribution in [-0.2, 0) is 10.8 Å². The molecule has 0 fully saturated rings. The summed E-state index contributed by atoms with van der Waals surface area (Å²) in [5, 5.41) is 5.49. The average Bonchev–Trinajstić information content (AvgIpc) is 3.29. The summed E-state index contributed by atoms with van der Waals surface area (Å²) in [6, 6.07) is 19.0. The summed E-state index contributed by atoms with van der Waals surface area (Å²) in [7, 11) is 0.410. The third kappa shape index (κ3) is 3.15. The van der Waals surface area contributed by atoms with E-state index in [-0.39, 0.29) is 6.04 Å². The fraction of sp³-hybridized carbons (Fsp3) is 0.158. The smallest absolute Gasteiger partial charge is 0.202 e. The second kappa shape index (κ2) is 6.90. The van der Waals surface area contributed by atoms with E-state index < -0.39 is 16.2 Å². The monoisotopic (exact) mass is 371 g/mol. The normalized spacial score (nSPS) is 19.7. The van der Waals surface area contributed by atoms with Crippen molar-refractivity contribution < 1.29 is 13.7 Å². The molecule has 6 heteroatoms. The Hall–Kier alpha value is -2.31. The van der Waals surface area contributed by atoms with Crippen LogP contribution < -0.4 is 14.8 Å². The number of hydrogen-bond donors (Lipinski definition) is 1. The summed E-state index contributed by atoms with van der Waals surface area (Å²) in [4.78, 5) is 1.84. The van der Waals surface area contributed by atoms with E-state index in [0.717, 1.165) is 21.2 Å². The number of para-hydroxylation sites is 1. The third-order valence-corrected chi connectivity index (χ3v) is 6.57. The fourth-order valence-corrected chi connectivity index (χ4v) is 5.12. The van der Waals surface area contributed by atoms with Gasteiger partial charge in [0.25, 0.3) is 0 Å². The van der Waals surface area contributed by atoms with E-state index in [0.29, 0.717) is 5.75 Å². The molecule has 4 nitrogen and oxygen atoms in total. The van der Waals surface area contributed by atoms with E-state index in [9.17, 15) is 4.21 Å². The van der Waals surface area contributed by atoms with Crippen LogP contribution in [0.4, 0.5) is 5.69 Å². The molecular weight excluding hydrogens is 354 g/mol. The zero-order chi connectivity index (χ0) is 17.2. The summed E-state index contributed by atoms with van der Waals surface area (Å²) in [5.41, 5.74) is 0.453. The van der Waals surface area contributed by atoms with E-state index >= 15 is 0 Å². The molecule has 0 saturated carbocycles. The molecular formula is C19H17NO3S2. The second-order valence-corrected chi connectivity index (χ2v) is 8.07. The summed E-state index contributed by atoms with van der Waals surface area (Å²) in [5.74, 6) is 1.50. The van der Waals surface area contributed by atoms with Gasteiger partial charge < -0.3 is 14.8 Å². The molecule has 3 aromatic rings. The molecule has 1 unspecified atom stereocenters. The molecule has 0 radical (unpaired) electrons. The topological polar surface area (TPSA) is 47.6 Å². The zero-order valence-corrected chi connectivity index (χ0v) is 15.2. The van der Waals surface area contributed by atoms with E-state index in [1.54, 1.807) is 18.4 Å². The molecule has 0 amide bonds. The predicted molar refractivity (Wildman–Crippen MR) is 101 cm³/mol. The SMILES string of the molecule is COc1ccc(N[C@H](c2cccs2)[C@H]2Oc3ccccc3S2=O)cc1. The van der Waals surface area contributed by atoms with Gasteiger partial charge in [0.2, 0.25) is 5.44 Å². The van der Waals surface area contributed by atoms with Gasteiger partial charge in [0.15, 0.2) is 0 Å². The first-order chi connectivity index (χ1) is 12.3. The van der Waals surface area contributed by atoms with Crippen molar-refractivity contribution in [1.82, 2.24) is 0 Å². The van der Waals surface area contributed by atoms with Crippen LogP contribution >= 0.6 is 11.3 Å². The zero-order valence-electron chi connectivity index (χ0n) is 13.5. The van der Waals surface area contributed by atoms with Gasteiger partial charge in [-0.15, -0.1) is 11.3 Å². The quantitative estimate of drug-likeness (QED) is 0.720. The summed E-state index contributed by atoms with van der Waals surface area (Å²) < 4.78 is 24.2. The van der Waals surface area contributed by atoms with Crippen LogP contribution in [-0.4, -0.2) is 16.8 Å². The lowest BCUT2D eigenvalue weighted by molar-refractivity contribution is 0.269. The number of rotatable bonds is 5. The Bertz CT molecular complexity index is 878. The second-order valence-electron chi connectivity index (χ2n) is 5.60. The van der Waals surface area contributed by atoms with Crippen molar-refractivity contribution in [3.05, 3.63) is 70.9 Å². The highest BCUT2D eigenvalue weighted by molar-refractivity contribution is 7.86. The molecule has 0 bridgehead atoms. The molecule has 3 atom stereocenters. The molecule has 2 aromatic carbocycles. The van der Waals surface area contributed by atoms with Gasteiger partial charge in [-0.3, -0.25) is 4.21 Å². The highest BCUT2D eigenvalue weighted by Gasteiger charge is 2.38. The van der Waals surface area contributed by atoms with Crippen molar-refractivity contribution >= 4 is 27.8 Å². The van der Waals surface area contributed by atoms with Crippen molar-refractivity contribution in [2.45, 2.75) is 16.4 Å². The molecule has 0 aliphatic carbocycles. The van der Waals surface area contributed by atoms with Crippen molar-refractivity contribution in [2.24, 2.45) is 0 Å². The van der Waals surface area contributed by atoms with Gasteiger partial charge >= 0.3 is 0 Å². The molecule has 1 N–H and O–H groups in total. The molecule has 1 aromatic heterocycles. The fourth-order valence-electron chi connectivity index (χ4n) is 2.81. The number of ether oxygens (including phenoxy) is 2. The summed E-state index contributed by atoms with van der Waals surface area (Å²) >= 11 is 1.62. The van der Waals surface area contributed by atoms with Crippen LogP contribution in [0, 0.1) is 0 Å². The first-order valence-electron chi connectivity index (χ1n) is 7.86. The first kappa shape index (κ1) is 16.2. The molecule has 0 saturated heterocycles. The number of anilines is 1. The minimum atomic E-state index is -1.23. The van der Waals surface area contributed by atoms with Crippen molar-refractivity contribution in [3.63, 3.8) is 0 Å². The predicted octanol–water partition coefficient (Wildman–Crippen LogP) is 4.44. The minimum Gasteiger partial charge on any atom is -0.497 e. The van der Waals surface area contributed by atoms with Gasteiger partial charge in [0.1, 0.15) is 28.3 Å². The molecule has 128 valence electrons. The highest BCUT2D eigenvalue weighted by Crippen LogP contribution is 2.40. The highest BCUT2D eigenvalue weighted by atomic mass is 32.2. The number of nitrogens with one attached hydrogen (secondary N) is 1.